The SMILES string of the molecule is CC(N)(CC(=O)O)c1ncccc1Br. The molecular weight excluding hydrogens is 248 g/mol. The van der Waals surface area contributed by atoms with Crippen LogP contribution in [0.1, 0.15) is 19.0 Å². The molecule has 0 aliphatic rings. The summed E-state index contributed by atoms with van der Waals surface area (Å²) in [5.41, 5.74) is 5.47. The third-order valence-electron chi connectivity index (χ3n) is 1.82. The van der Waals surface area contributed by atoms with Crippen LogP contribution in [0.25, 0.3) is 0 Å². The fourth-order valence-electron chi connectivity index (χ4n) is 1.20. The normalized spacial score (nSPS) is 14.8. The van der Waals surface area contributed by atoms with Gasteiger partial charge in [-0.3, -0.25) is 9.78 Å². The van der Waals surface area contributed by atoms with E-state index in [0.717, 1.165) is 4.47 Å². The van der Waals surface area contributed by atoms with Crippen molar-refractivity contribution in [2.24, 2.45) is 5.73 Å². The number of nitrogens with two attached hydrogens (primary N) is 1. The van der Waals surface area contributed by atoms with E-state index in [1.54, 1.807) is 25.3 Å². The van der Waals surface area contributed by atoms with Gasteiger partial charge in [-0.1, -0.05) is 0 Å². The predicted molar refractivity (Wildman–Crippen MR) is 55.7 cm³/mol. The Kier molecular flexibility index (Phi) is 3.23. The molecule has 14 heavy (non-hydrogen) atoms. The molecule has 1 unspecified atom stereocenters. The topological polar surface area (TPSA) is 76.2 Å². The van der Waals surface area contributed by atoms with Gasteiger partial charge in [0.1, 0.15) is 0 Å². The third kappa shape index (κ3) is 2.52. The first-order chi connectivity index (χ1) is 6.43. The number of carboxylic acid groups (broad SMARTS) is 1. The van der Waals surface area contributed by atoms with Crippen LogP contribution >= 0.6 is 15.9 Å². The Hall–Kier alpha value is -0.940. The molecule has 76 valence electrons. The molecular formula is C9H11BrN2O2. The maximum absolute atomic E-state index is 10.6. The molecule has 1 heterocycles. The average molecular weight is 259 g/mol. The average Bonchev–Trinajstić information content (AvgIpc) is 2.02. The summed E-state index contributed by atoms with van der Waals surface area (Å²) in [5.74, 6) is -0.937. The van der Waals surface area contributed by atoms with Crippen LogP contribution in [0.2, 0.25) is 0 Å². The van der Waals surface area contributed by atoms with E-state index in [1.807, 2.05) is 0 Å². The minimum Gasteiger partial charge on any atom is -0.481 e. The number of carbonyl (C=O) groups is 1. The Morgan fingerprint density at radius 3 is 2.93 bits per heavy atom. The molecule has 0 amide bonds. The molecule has 0 bridgehead atoms. The van der Waals surface area contributed by atoms with E-state index in [1.165, 1.54) is 0 Å². The molecule has 1 aromatic heterocycles. The van der Waals surface area contributed by atoms with Crippen LogP contribution in [-0.2, 0) is 10.3 Å². The largest absolute Gasteiger partial charge is 0.481 e. The molecule has 0 aliphatic carbocycles. The highest BCUT2D eigenvalue weighted by Crippen LogP contribution is 2.26. The zero-order valence-electron chi connectivity index (χ0n) is 7.70. The van der Waals surface area contributed by atoms with Crippen LogP contribution in [0, 0.1) is 0 Å². The van der Waals surface area contributed by atoms with Crippen molar-refractivity contribution in [3.05, 3.63) is 28.5 Å². The number of aromatic nitrogens is 1. The molecule has 4 nitrogen and oxygen atoms in total. The van der Waals surface area contributed by atoms with E-state index in [-0.39, 0.29) is 6.42 Å². The molecule has 5 heteroatoms. The van der Waals surface area contributed by atoms with Crippen molar-refractivity contribution >= 4 is 21.9 Å². The van der Waals surface area contributed by atoms with Gasteiger partial charge in [0.15, 0.2) is 0 Å². The monoisotopic (exact) mass is 258 g/mol. The highest BCUT2D eigenvalue weighted by Gasteiger charge is 2.27. The quantitative estimate of drug-likeness (QED) is 0.862. The lowest BCUT2D eigenvalue weighted by Crippen LogP contribution is -2.36. The van der Waals surface area contributed by atoms with Gasteiger partial charge in [0.2, 0.25) is 0 Å². The molecule has 0 spiro atoms. The van der Waals surface area contributed by atoms with E-state index >= 15 is 0 Å². The minimum atomic E-state index is -0.952. The minimum absolute atomic E-state index is 0.150. The van der Waals surface area contributed by atoms with Crippen molar-refractivity contribution in [3.8, 4) is 0 Å². The van der Waals surface area contributed by atoms with Crippen molar-refractivity contribution in [2.75, 3.05) is 0 Å². The summed E-state index contributed by atoms with van der Waals surface area (Å²) in [7, 11) is 0. The second-order valence-corrected chi connectivity index (χ2v) is 4.18. The fraction of sp³-hybridized carbons (Fsp3) is 0.333. The molecule has 0 aliphatic heterocycles. The van der Waals surface area contributed by atoms with Crippen molar-refractivity contribution in [1.29, 1.82) is 0 Å². The summed E-state index contributed by atoms with van der Waals surface area (Å²) >= 11 is 3.29. The van der Waals surface area contributed by atoms with E-state index < -0.39 is 11.5 Å². The first-order valence-corrected chi connectivity index (χ1v) is 4.84. The number of hydrogen-bond acceptors (Lipinski definition) is 3. The van der Waals surface area contributed by atoms with Crippen LogP contribution in [0.15, 0.2) is 22.8 Å². The number of pyridine rings is 1. The molecule has 0 radical (unpaired) electrons. The summed E-state index contributed by atoms with van der Waals surface area (Å²) in [6.07, 6.45) is 1.44. The highest BCUT2D eigenvalue weighted by atomic mass is 79.9. The lowest BCUT2D eigenvalue weighted by atomic mass is 9.94. The molecule has 1 rings (SSSR count). The van der Waals surface area contributed by atoms with E-state index in [0.29, 0.717) is 5.69 Å². The fourth-order valence-corrected chi connectivity index (χ4v) is 1.91. The molecule has 0 saturated heterocycles. The lowest BCUT2D eigenvalue weighted by Gasteiger charge is -2.22. The number of aliphatic carboxylic acids is 1. The van der Waals surface area contributed by atoms with Crippen LogP contribution in [-0.4, -0.2) is 16.1 Å². The Labute approximate surface area is 90.3 Å². The predicted octanol–water partition coefficient (Wildman–Crippen LogP) is 1.49. The van der Waals surface area contributed by atoms with Gasteiger partial charge in [0.05, 0.1) is 17.7 Å². The summed E-state index contributed by atoms with van der Waals surface area (Å²) < 4.78 is 0.728. The third-order valence-corrected chi connectivity index (χ3v) is 2.46. The molecule has 0 saturated carbocycles. The van der Waals surface area contributed by atoms with Crippen LogP contribution < -0.4 is 5.73 Å². The van der Waals surface area contributed by atoms with Gasteiger partial charge in [-0.15, -0.1) is 0 Å². The zero-order valence-corrected chi connectivity index (χ0v) is 9.28. The Balaban J connectivity index is 3.03. The number of hydrogen-bond donors (Lipinski definition) is 2. The van der Waals surface area contributed by atoms with Gasteiger partial charge >= 0.3 is 5.97 Å². The van der Waals surface area contributed by atoms with Crippen LogP contribution in [0.3, 0.4) is 0 Å². The smallest absolute Gasteiger partial charge is 0.305 e. The summed E-state index contributed by atoms with van der Waals surface area (Å²) in [6.45, 7) is 1.65. The van der Waals surface area contributed by atoms with E-state index in [4.69, 9.17) is 10.8 Å². The standard InChI is InChI=1S/C9H11BrN2O2/c1-9(11,5-7(13)14)8-6(10)3-2-4-12-8/h2-4H,5,11H2,1H3,(H,13,14). The Morgan fingerprint density at radius 1 is 1.79 bits per heavy atom. The van der Waals surface area contributed by atoms with Crippen molar-refractivity contribution in [1.82, 2.24) is 4.98 Å². The van der Waals surface area contributed by atoms with Crippen molar-refractivity contribution < 1.29 is 9.90 Å². The number of halogens is 1. The molecule has 0 aromatic carbocycles. The molecule has 1 atom stereocenters. The maximum atomic E-state index is 10.6. The summed E-state index contributed by atoms with van der Waals surface area (Å²) in [5, 5.41) is 8.68. The Bertz CT molecular complexity index is 352. The lowest BCUT2D eigenvalue weighted by molar-refractivity contribution is -0.138. The number of rotatable bonds is 3. The second-order valence-electron chi connectivity index (χ2n) is 3.32. The van der Waals surface area contributed by atoms with Crippen LogP contribution in [0.4, 0.5) is 0 Å². The highest BCUT2D eigenvalue weighted by molar-refractivity contribution is 9.10. The summed E-state index contributed by atoms with van der Waals surface area (Å²) in [4.78, 5) is 14.6. The van der Waals surface area contributed by atoms with Crippen molar-refractivity contribution in [3.63, 3.8) is 0 Å². The number of nitrogens with zero attached hydrogens (tertiary/aromatic N) is 1. The van der Waals surface area contributed by atoms with Crippen molar-refractivity contribution in [2.45, 2.75) is 18.9 Å². The maximum Gasteiger partial charge on any atom is 0.305 e. The molecule has 1 aromatic rings. The molecule has 0 fully saturated rings. The first kappa shape index (κ1) is 11.1. The van der Waals surface area contributed by atoms with Gasteiger partial charge in [-0.05, 0) is 35.0 Å². The van der Waals surface area contributed by atoms with Gasteiger partial charge < -0.3 is 10.8 Å². The van der Waals surface area contributed by atoms with Gasteiger partial charge in [0, 0.05) is 10.7 Å². The summed E-state index contributed by atoms with van der Waals surface area (Å²) in [6, 6.07) is 3.54. The molecule has 3 N–H and O–H groups in total. The van der Waals surface area contributed by atoms with E-state index in [9.17, 15) is 4.79 Å². The number of carboxylic acids is 1. The first-order valence-electron chi connectivity index (χ1n) is 4.05. The van der Waals surface area contributed by atoms with E-state index in [2.05, 4.69) is 20.9 Å². The van der Waals surface area contributed by atoms with Gasteiger partial charge in [0.25, 0.3) is 0 Å². The Morgan fingerprint density at radius 2 is 2.43 bits per heavy atom. The van der Waals surface area contributed by atoms with Crippen LogP contribution in [0.5, 0.6) is 0 Å². The van der Waals surface area contributed by atoms with Gasteiger partial charge in [-0.2, -0.15) is 0 Å². The second kappa shape index (κ2) is 4.06. The van der Waals surface area contributed by atoms with Gasteiger partial charge in [-0.25, -0.2) is 0 Å². The zero-order chi connectivity index (χ0) is 10.8.